The first-order chi connectivity index (χ1) is 10.6. The van der Waals surface area contributed by atoms with Crippen LogP contribution in [0.2, 0.25) is 0 Å². The lowest BCUT2D eigenvalue weighted by Gasteiger charge is -2.21. The molecule has 0 saturated carbocycles. The van der Waals surface area contributed by atoms with Crippen molar-refractivity contribution in [1.29, 1.82) is 0 Å². The molecule has 0 unspecified atom stereocenters. The molecular formula is C20H18N2. The topological polar surface area (TPSA) is 25.8 Å². The Hall–Kier alpha value is -2.48. The van der Waals surface area contributed by atoms with Crippen molar-refractivity contribution in [3.8, 4) is 22.4 Å². The van der Waals surface area contributed by atoms with Crippen molar-refractivity contribution in [1.82, 2.24) is 9.97 Å². The first kappa shape index (κ1) is 13.2. The maximum Gasteiger partial charge on any atom is 0.0702 e. The van der Waals surface area contributed by atoms with E-state index in [1.807, 2.05) is 18.3 Å². The van der Waals surface area contributed by atoms with Crippen LogP contribution in [0.15, 0.2) is 54.7 Å². The fourth-order valence-electron chi connectivity index (χ4n) is 3.37. The van der Waals surface area contributed by atoms with Gasteiger partial charge in [-0.3, -0.25) is 9.97 Å². The summed E-state index contributed by atoms with van der Waals surface area (Å²) in [7, 11) is 0. The molecule has 108 valence electrons. The second-order valence-corrected chi connectivity index (χ2v) is 6.45. The van der Waals surface area contributed by atoms with E-state index in [2.05, 4.69) is 62.2 Å². The van der Waals surface area contributed by atoms with Gasteiger partial charge in [-0.15, -0.1) is 0 Å². The molecule has 1 aromatic carbocycles. The van der Waals surface area contributed by atoms with Gasteiger partial charge in [0.25, 0.3) is 0 Å². The highest BCUT2D eigenvalue weighted by Gasteiger charge is 2.37. The third kappa shape index (κ3) is 1.80. The standard InChI is InChI=1S/C20H18N2/c1-13-7-9-16-15-10-8-14(18-6-4-5-11-21-18)12-17(15)20(2,3)19(16)22-13/h4-12H,1-3H3. The van der Waals surface area contributed by atoms with Gasteiger partial charge in [-0.1, -0.05) is 38.1 Å². The summed E-state index contributed by atoms with van der Waals surface area (Å²) >= 11 is 0. The van der Waals surface area contributed by atoms with Crippen molar-refractivity contribution in [2.45, 2.75) is 26.2 Å². The van der Waals surface area contributed by atoms with Crippen LogP contribution < -0.4 is 0 Å². The number of hydrogen-bond acceptors (Lipinski definition) is 2. The SMILES string of the molecule is Cc1ccc2c(n1)C(C)(C)c1cc(-c3ccccn3)ccc1-2. The number of hydrogen-bond donors (Lipinski definition) is 0. The summed E-state index contributed by atoms with van der Waals surface area (Å²) in [6.07, 6.45) is 1.84. The summed E-state index contributed by atoms with van der Waals surface area (Å²) in [5.41, 5.74) is 8.26. The number of benzene rings is 1. The average molecular weight is 286 g/mol. The van der Waals surface area contributed by atoms with E-state index < -0.39 is 0 Å². The zero-order chi connectivity index (χ0) is 15.3. The molecule has 0 amide bonds. The Kier molecular flexibility index (Phi) is 2.70. The van der Waals surface area contributed by atoms with Crippen molar-refractivity contribution in [3.63, 3.8) is 0 Å². The van der Waals surface area contributed by atoms with Gasteiger partial charge < -0.3 is 0 Å². The van der Waals surface area contributed by atoms with Crippen LogP contribution in [0.4, 0.5) is 0 Å². The summed E-state index contributed by atoms with van der Waals surface area (Å²) in [5.74, 6) is 0. The third-order valence-corrected chi connectivity index (χ3v) is 4.57. The molecule has 4 rings (SSSR count). The van der Waals surface area contributed by atoms with Crippen LogP contribution in [-0.2, 0) is 5.41 Å². The maximum atomic E-state index is 4.81. The predicted octanol–water partition coefficient (Wildman–Crippen LogP) is 4.76. The molecule has 22 heavy (non-hydrogen) atoms. The van der Waals surface area contributed by atoms with E-state index in [9.17, 15) is 0 Å². The fourth-order valence-corrected chi connectivity index (χ4v) is 3.37. The smallest absolute Gasteiger partial charge is 0.0702 e. The molecule has 0 N–H and O–H groups in total. The van der Waals surface area contributed by atoms with Gasteiger partial charge in [-0.05, 0) is 42.3 Å². The fraction of sp³-hybridized carbons (Fsp3) is 0.200. The van der Waals surface area contributed by atoms with E-state index in [0.717, 1.165) is 17.0 Å². The molecule has 0 atom stereocenters. The number of rotatable bonds is 1. The zero-order valence-corrected chi connectivity index (χ0v) is 13.1. The van der Waals surface area contributed by atoms with Gasteiger partial charge >= 0.3 is 0 Å². The average Bonchev–Trinajstić information content (AvgIpc) is 2.76. The second kappa shape index (κ2) is 4.51. The van der Waals surface area contributed by atoms with Crippen molar-refractivity contribution >= 4 is 0 Å². The summed E-state index contributed by atoms with van der Waals surface area (Å²) in [6.45, 7) is 6.57. The van der Waals surface area contributed by atoms with Gasteiger partial charge in [0.2, 0.25) is 0 Å². The molecule has 0 saturated heterocycles. The van der Waals surface area contributed by atoms with E-state index in [0.29, 0.717) is 0 Å². The van der Waals surface area contributed by atoms with Gasteiger partial charge in [0.05, 0.1) is 11.4 Å². The lowest BCUT2D eigenvalue weighted by Crippen LogP contribution is -2.17. The number of nitrogens with zero attached hydrogens (tertiary/aromatic N) is 2. The number of pyridine rings is 2. The van der Waals surface area contributed by atoms with Crippen LogP contribution in [0.5, 0.6) is 0 Å². The molecule has 3 aromatic rings. The summed E-state index contributed by atoms with van der Waals surface area (Å²) in [5, 5.41) is 0. The number of fused-ring (bicyclic) bond motifs is 3. The van der Waals surface area contributed by atoms with Crippen LogP contribution in [-0.4, -0.2) is 9.97 Å². The van der Waals surface area contributed by atoms with Gasteiger partial charge in [0, 0.05) is 28.4 Å². The van der Waals surface area contributed by atoms with Crippen LogP contribution in [0.3, 0.4) is 0 Å². The number of aromatic nitrogens is 2. The zero-order valence-electron chi connectivity index (χ0n) is 13.1. The van der Waals surface area contributed by atoms with E-state index in [4.69, 9.17) is 4.98 Å². The Labute approximate surface area is 130 Å². The van der Waals surface area contributed by atoms with Crippen molar-refractivity contribution in [2.24, 2.45) is 0 Å². The normalized spacial score (nSPS) is 14.5. The highest BCUT2D eigenvalue weighted by atomic mass is 14.7. The molecule has 0 spiro atoms. The maximum absolute atomic E-state index is 4.81. The van der Waals surface area contributed by atoms with Crippen LogP contribution >= 0.6 is 0 Å². The molecule has 0 fully saturated rings. The van der Waals surface area contributed by atoms with E-state index in [1.54, 1.807) is 0 Å². The van der Waals surface area contributed by atoms with Gasteiger partial charge in [-0.25, -0.2) is 0 Å². The minimum atomic E-state index is -0.0680. The summed E-state index contributed by atoms with van der Waals surface area (Å²) < 4.78 is 0. The van der Waals surface area contributed by atoms with Gasteiger partial charge in [-0.2, -0.15) is 0 Å². The molecule has 0 bridgehead atoms. The predicted molar refractivity (Wildman–Crippen MR) is 89.8 cm³/mol. The lowest BCUT2D eigenvalue weighted by atomic mass is 9.84. The van der Waals surface area contributed by atoms with Crippen molar-refractivity contribution in [2.75, 3.05) is 0 Å². The minimum absolute atomic E-state index is 0.0680. The second-order valence-electron chi connectivity index (χ2n) is 6.45. The Morgan fingerprint density at radius 3 is 2.50 bits per heavy atom. The molecule has 1 aliphatic rings. The van der Waals surface area contributed by atoms with Crippen LogP contribution in [0, 0.1) is 6.92 Å². The molecule has 2 aromatic heterocycles. The Morgan fingerprint density at radius 1 is 0.909 bits per heavy atom. The molecular weight excluding hydrogens is 268 g/mol. The van der Waals surface area contributed by atoms with Crippen LogP contribution in [0.25, 0.3) is 22.4 Å². The quantitative estimate of drug-likeness (QED) is 0.644. The molecule has 2 heteroatoms. The van der Waals surface area contributed by atoms with E-state index in [1.165, 1.54) is 22.4 Å². The van der Waals surface area contributed by atoms with Gasteiger partial charge in [0.1, 0.15) is 0 Å². The first-order valence-corrected chi connectivity index (χ1v) is 7.62. The Morgan fingerprint density at radius 2 is 1.73 bits per heavy atom. The van der Waals surface area contributed by atoms with Crippen LogP contribution in [0.1, 0.15) is 30.8 Å². The Bertz CT molecular complexity index is 864. The minimum Gasteiger partial charge on any atom is -0.257 e. The van der Waals surface area contributed by atoms with Gasteiger partial charge in [0.15, 0.2) is 0 Å². The largest absolute Gasteiger partial charge is 0.257 e. The molecule has 2 nitrogen and oxygen atoms in total. The Balaban J connectivity index is 1.93. The monoisotopic (exact) mass is 286 g/mol. The van der Waals surface area contributed by atoms with E-state index >= 15 is 0 Å². The molecule has 0 aliphatic heterocycles. The van der Waals surface area contributed by atoms with Crippen molar-refractivity contribution in [3.05, 3.63) is 71.7 Å². The lowest BCUT2D eigenvalue weighted by molar-refractivity contribution is 0.635. The number of aryl methyl sites for hydroxylation is 1. The molecule has 0 radical (unpaired) electrons. The van der Waals surface area contributed by atoms with E-state index in [-0.39, 0.29) is 5.41 Å². The summed E-state index contributed by atoms with van der Waals surface area (Å²) in [6, 6.07) is 17.0. The molecule has 2 heterocycles. The summed E-state index contributed by atoms with van der Waals surface area (Å²) in [4.78, 5) is 9.28. The molecule has 1 aliphatic carbocycles. The first-order valence-electron chi connectivity index (χ1n) is 7.62. The highest BCUT2D eigenvalue weighted by molar-refractivity contribution is 5.82. The highest BCUT2D eigenvalue weighted by Crippen LogP contribution is 2.48. The third-order valence-electron chi connectivity index (χ3n) is 4.57. The van der Waals surface area contributed by atoms with Crippen molar-refractivity contribution < 1.29 is 0 Å².